The third-order valence-electron chi connectivity index (χ3n) is 1.05. The molecule has 3 nitrogen and oxygen atoms in total. The van der Waals surface area contributed by atoms with Crippen molar-refractivity contribution in [1.82, 2.24) is 5.09 Å². The summed E-state index contributed by atoms with van der Waals surface area (Å²) in [4.78, 5) is 10.5. The fraction of sp³-hybridized carbons (Fsp3) is 0.800. The number of rotatable bonds is 4. The molecule has 2 unspecified atom stereocenters. The highest BCUT2D eigenvalue weighted by Gasteiger charge is 2.04. The summed E-state index contributed by atoms with van der Waals surface area (Å²) < 4.78 is 0. The second-order valence-electron chi connectivity index (χ2n) is 2.01. The highest BCUT2D eigenvalue weighted by atomic mass is 31.0. The van der Waals surface area contributed by atoms with E-state index in [9.17, 15) is 4.79 Å². The van der Waals surface area contributed by atoms with Crippen molar-refractivity contribution in [2.45, 2.75) is 19.4 Å². The molecule has 0 heterocycles. The highest BCUT2D eigenvalue weighted by molar-refractivity contribution is 7.13. The summed E-state index contributed by atoms with van der Waals surface area (Å²) >= 11 is 0. The predicted molar refractivity (Wildman–Crippen MR) is 41.0 cm³/mol. The fourth-order valence-corrected chi connectivity index (χ4v) is 0.811. The number of carbonyl (C=O) groups excluding carboxylic acids is 1. The molecule has 3 N–H and O–H groups in total. The molecular formula is C5H13N2OP. The van der Waals surface area contributed by atoms with E-state index >= 15 is 0 Å². The average Bonchev–Trinajstić information content (AvgIpc) is 1.82. The van der Waals surface area contributed by atoms with Gasteiger partial charge in [-0.1, -0.05) is 9.39 Å². The van der Waals surface area contributed by atoms with Gasteiger partial charge in [-0.25, -0.2) is 0 Å². The van der Waals surface area contributed by atoms with Crippen LogP contribution < -0.4 is 10.8 Å². The van der Waals surface area contributed by atoms with Gasteiger partial charge in [-0.2, -0.15) is 0 Å². The Labute approximate surface area is 57.6 Å². The lowest BCUT2D eigenvalue weighted by Gasteiger charge is -2.09. The van der Waals surface area contributed by atoms with Crippen molar-refractivity contribution in [1.29, 1.82) is 0 Å². The van der Waals surface area contributed by atoms with Crippen LogP contribution in [-0.2, 0) is 4.79 Å². The lowest BCUT2D eigenvalue weighted by atomic mass is 10.2. The van der Waals surface area contributed by atoms with Gasteiger partial charge in [0.1, 0.15) is 5.78 Å². The molecular weight excluding hydrogens is 135 g/mol. The Hall–Kier alpha value is 0.0200. The van der Waals surface area contributed by atoms with E-state index in [1.165, 1.54) is 0 Å². The third-order valence-corrected chi connectivity index (χ3v) is 1.53. The Morgan fingerprint density at radius 1 is 1.89 bits per heavy atom. The maximum Gasteiger partial charge on any atom is 0.131 e. The van der Waals surface area contributed by atoms with Crippen molar-refractivity contribution in [3.63, 3.8) is 0 Å². The molecule has 4 heteroatoms. The van der Waals surface area contributed by atoms with Crippen LogP contribution in [-0.4, -0.2) is 18.4 Å². The molecule has 0 radical (unpaired) electrons. The quantitative estimate of drug-likeness (QED) is 0.537. The molecule has 0 saturated carbocycles. The van der Waals surface area contributed by atoms with Crippen LogP contribution in [0.5, 0.6) is 0 Å². The topological polar surface area (TPSA) is 55.1 Å². The van der Waals surface area contributed by atoms with Crippen molar-refractivity contribution in [2.24, 2.45) is 5.73 Å². The smallest absolute Gasteiger partial charge is 0.131 e. The number of hydrogen-bond acceptors (Lipinski definition) is 3. The third kappa shape index (κ3) is 4.52. The van der Waals surface area contributed by atoms with Crippen molar-refractivity contribution in [3.8, 4) is 0 Å². The standard InChI is InChI=1S/C5H13N2OP/c1-4(8)2-5(3-6)7-9/h5,7H,2-3,6,9H2,1H3. The van der Waals surface area contributed by atoms with Gasteiger partial charge in [0.2, 0.25) is 0 Å². The first-order valence-corrected chi connectivity index (χ1v) is 3.44. The number of carbonyl (C=O) groups is 1. The first-order valence-electron chi connectivity index (χ1n) is 2.86. The summed E-state index contributed by atoms with van der Waals surface area (Å²) in [6, 6.07) is 0.118. The van der Waals surface area contributed by atoms with Crippen molar-refractivity contribution in [2.75, 3.05) is 6.54 Å². The predicted octanol–water partition coefficient (Wildman–Crippen LogP) is -0.328. The first kappa shape index (κ1) is 9.02. The first-order chi connectivity index (χ1) is 4.20. The summed E-state index contributed by atoms with van der Waals surface area (Å²) in [7, 11) is 2.35. The zero-order chi connectivity index (χ0) is 7.28. The number of nitrogens with two attached hydrogens (primary N) is 1. The molecule has 0 bridgehead atoms. The molecule has 0 aliphatic rings. The Kier molecular flexibility index (Phi) is 4.87. The van der Waals surface area contributed by atoms with Crippen molar-refractivity contribution >= 4 is 15.2 Å². The van der Waals surface area contributed by atoms with Crippen LogP contribution in [0.15, 0.2) is 0 Å². The van der Waals surface area contributed by atoms with Crippen LogP contribution in [0.1, 0.15) is 13.3 Å². The summed E-state index contributed by atoms with van der Waals surface area (Å²) in [5.74, 6) is 0.167. The van der Waals surface area contributed by atoms with Gasteiger partial charge in [0, 0.05) is 19.0 Å². The molecule has 0 aliphatic heterocycles. The van der Waals surface area contributed by atoms with Crippen LogP contribution in [0.25, 0.3) is 0 Å². The maximum absolute atomic E-state index is 10.5. The van der Waals surface area contributed by atoms with Gasteiger partial charge in [-0.15, -0.1) is 0 Å². The van der Waals surface area contributed by atoms with E-state index in [0.29, 0.717) is 13.0 Å². The molecule has 0 fully saturated rings. The van der Waals surface area contributed by atoms with Crippen molar-refractivity contribution in [3.05, 3.63) is 0 Å². The van der Waals surface area contributed by atoms with E-state index in [1.807, 2.05) is 0 Å². The minimum absolute atomic E-state index is 0.118. The van der Waals surface area contributed by atoms with Crippen LogP contribution >= 0.6 is 9.39 Å². The lowest BCUT2D eigenvalue weighted by Crippen LogP contribution is -2.31. The number of ketones is 1. The molecule has 0 spiro atoms. The lowest BCUT2D eigenvalue weighted by molar-refractivity contribution is -0.117. The zero-order valence-electron chi connectivity index (χ0n) is 5.55. The second kappa shape index (κ2) is 4.86. The van der Waals surface area contributed by atoms with E-state index in [4.69, 9.17) is 5.73 Å². The molecule has 0 aromatic rings. The second-order valence-corrected chi connectivity index (χ2v) is 2.34. The van der Waals surface area contributed by atoms with E-state index in [2.05, 4.69) is 14.5 Å². The minimum atomic E-state index is 0.118. The van der Waals surface area contributed by atoms with Gasteiger partial charge in [0.05, 0.1) is 0 Å². The van der Waals surface area contributed by atoms with E-state index in [-0.39, 0.29) is 11.8 Å². The minimum Gasteiger partial charge on any atom is -0.329 e. The molecule has 0 aliphatic carbocycles. The normalized spacial score (nSPS) is 13.2. The highest BCUT2D eigenvalue weighted by Crippen LogP contribution is 1.92. The van der Waals surface area contributed by atoms with Gasteiger partial charge < -0.3 is 5.73 Å². The molecule has 54 valence electrons. The van der Waals surface area contributed by atoms with E-state index in [1.54, 1.807) is 6.92 Å². The van der Waals surface area contributed by atoms with Gasteiger partial charge in [-0.05, 0) is 6.92 Å². The van der Waals surface area contributed by atoms with Gasteiger partial charge in [-0.3, -0.25) is 9.88 Å². The van der Waals surface area contributed by atoms with Crippen LogP contribution in [0.3, 0.4) is 0 Å². The molecule has 9 heavy (non-hydrogen) atoms. The van der Waals surface area contributed by atoms with Gasteiger partial charge in [0.25, 0.3) is 0 Å². The average molecular weight is 148 g/mol. The summed E-state index contributed by atoms with van der Waals surface area (Å²) in [5.41, 5.74) is 5.30. The molecule has 0 rings (SSSR count). The van der Waals surface area contributed by atoms with E-state index < -0.39 is 0 Å². The Morgan fingerprint density at radius 3 is 2.56 bits per heavy atom. The fourth-order valence-electron chi connectivity index (χ4n) is 0.557. The van der Waals surface area contributed by atoms with Crippen LogP contribution in [0.4, 0.5) is 0 Å². The Morgan fingerprint density at radius 2 is 2.44 bits per heavy atom. The summed E-state index contributed by atoms with van der Waals surface area (Å²) in [6.07, 6.45) is 0.514. The molecule has 2 atom stereocenters. The largest absolute Gasteiger partial charge is 0.329 e. The number of Topliss-reactive ketones (excluding diaryl/α,β-unsaturated/α-hetero) is 1. The zero-order valence-corrected chi connectivity index (χ0v) is 6.71. The molecule has 0 aromatic carbocycles. The Balaban J connectivity index is 3.43. The molecule has 0 amide bonds. The number of nitrogens with one attached hydrogen (secondary N) is 1. The van der Waals surface area contributed by atoms with E-state index in [0.717, 1.165) is 0 Å². The van der Waals surface area contributed by atoms with Gasteiger partial charge in [0.15, 0.2) is 0 Å². The number of hydrogen-bond donors (Lipinski definition) is 2. The summed E-state index contributed by atoms with van der Waals surface area (Å²) in [5, 5.41) is 2.85. The van der Waals surface area contributed by atoms with Crippen molar-refractivity contribution < 1.29 is 4.79 Å². The SMILES string of the molecule is CC(=O)CC(CN)NP. The van der Waals surface area contributed by atoms with Crippen LogP contribution in [0, 0.1) is 0 Å². The Bertz CT molecular complexity index is 93.0. The molecule has 0 saturated heterocycles. The summed E-state index contributed by atoms with van der Waals surface area (Å²) in [6.45, 7) is 2.06. The molecule has 0 aromatic heterocycles. The van der Waals surface area contributed by atoms with Gasteiger partial charge >= 0.3 is 0 Å². The monoisotopic (exact) mass is 148 g/mol. The maximum atomic E-state index is 10.5. The van der Waals surface area contributed by atoms with Crippen LogP contribution in [0.2, 0.25) is 0 Å².